The zero-order valence-electron chi connectivity index (χ0n) is 18.5. The number of aromatic nitrogens is 2. The van der Waals surface area contributed by atoms with Crippen molar-refractivity contribution in [2.45, 2.75) is 19.9 Å². The van der Waals surface area contributed by atoms with Crippen molar-refractivity contribution in [2.24, 2.45) is 0 Å². The van der Waals surface area contributed by atoms with Gasteiger partial charge in [-0.15, -0.1) is 0 Å². The highest BCUT2D eigenvalue weighted by Crippen LogP contribution is 2.19. The maximum absolute atomic E-state index is 12.2. The average molecular weight is 464 g/mol. The van der Waals surface area contributed by atoms with Crippen LogP contribution in [-0.2, 0) is 17.8 Å². The summed E-state index contributed by atoms with van der Waals surface area (Å²) < 4.78 is 13.6. The molecule has 1 N–H and O–H groups in total. The normalized spacial score (nSPS) is 10.8. The number of aryl methyl sites for hydroxylation is 1. The zero-order valence-corrected chi connectivity index (χ0v) is 19.2. The summed E-state index contributed by atoms with van der Waals surface area (Å²) >= 11 is 5.86. The number of ether oxygens (including phenoxy) is 2. The van der Waals surface area contributed by atoms with Gasteiger partial charge in [0.15, 0.2) is 6.61 Å². The van der Waals surface area contributed by atoms with E-state index in [2.05, 4.69) is 16.0 Å². The third-order valence-corrected chi connectivity index (χ3v) is 5.51. The van der Waals surface area contributed by atoms with E-state index in [-0.39, 0.29) is 12.5 Å². The number of nitrogens with zero attached hydrogens (tertiary/aromatic N) is 2. The zero-order chi connectivity index (χ0) is 23.0. The minimum Gasteiger partial charge on any atom is -0.491 e. The van der Waals surface area contributed by atoms with Crippen LogP contribution in [0.15, 0.2) is 72.8 Å². The number of halogens is 1. The molecule has 4 rings (SSSR count). The monoisotopic (exact) mass is 463 g/mol. The lowest BCUT2D eigenvalue weighted by Gasteiger charge is -2.12. The van der Waals surface area contributed by atoms with E-state index >= 15 is 0 Å². The Balaban J connectivity index is 1.33. The largest absolute Gasteiger partial charge is 0.491 e. The Bertz CT molecular complexity index is 1220. The summed E-state index contributed by atoms with van der Waals surface area (Å²) in [4.78, 5) is 16.9. The molecule has 3 aromatic carbocycles. The highest BCUT2D eigenvalue weighted by Gasteiger charge is 2.11. The Morgan fingerprint density at radius 3 is 2.58 bits per heavy atom. The number of hydrogen-bond donors (Lipinski definition) is 1. The van der Waals surface area contributed by atoms with E-state index < -0.39 is 0 Å². The van der Waals surface area contributed by atoms with Crippen LogP contribution < -0.4 is 14.8 Å². The summed E-state index contributed by atoms with van der Waals surface area (Å²) in [5.74, 6) is 2.21. The van der Waals surface area contributed by atoms with E-state index in [1.807, 2.05) is 49.4 Å². The van der Waals surface area contributed by atoms with Gasteiger partial charge in [-0.3, -0.25) is 4.79 Å². The first-order valence-electron chi connectivity index (χ1n) is 10.9. The number of amides is 1. The first kappa shape index (κ1) is 22.7. The van der Waals surface area contributed by atoms with Crippen molar-refractivity contribution in [3.63, 3.8) is 0 Å². The standard InChI is InChI=1S/C26H26ClN3O3/c1-19-6-2-5-9-24(19)32-17-16-30-23-8-4-3-7-22(23)29-25(30)14-15-28-26(31)18-33-21-12-10-20(27)11-13-21/h2-13H,14-18H2,1H3,(H,28,31). The number of imidazole rings is 1. The number of hydrogen-bond acceptors (Lipinski definition) is 4. The smallest absolute Gasteiger partial charge is 0.257 e. The molecular weight excluding hydrogens is 438 g/mol. The van der Waals surface area contributed by atoms with Gasteiger partial charge in [0.25, 0.3) is 5.91 Å². The van der Waals surface area contributed by atoms with E-state index in [1.54, 1.807) is 24.3 Å². The van der Waals surface area contributed by atoms with Gasteiger partial charge in [0.1, 0.15) is 23.9 Å². The van der Waals surface area contributed by atoms with Crippen LogP contribution in [0, 0.1) is 6.92 Å². The highest BCUT2D eigenvalue weighted by molar-refractivity contribution is 6.30. The molecule has 0 unspecified atom stereocenters. The molecule has 0 aliphatic rings. The average Bonchev–Trinajstić information content (AvgIpc) is 3.17. The van der Waals surface area contributed by atoms with Crippen molar-refractivity contribution in [2.75, 3.05) is 19.8 Å². The number of para-hydroxylation sites is 3. The third-order valence-electron chi connectivity index (χ3n) is 5.25. The maximum Gasteiger partial charge on any atom is 0.257 e. The number of rotatable bonds is 10. The molecule has 1 heterocycles. The molecule has 0 aliphatic carbocycles. The SMILES string of the molecule is Cc1ccccc1OCCn1c(CCNC(=O)COc2ccc(Cl)cc2)nc2ccccc21. The van der Waals surface area contributed by atoms with Gasteiger partial charge in [-0.05, 0) is 55.0 Å². The molecular formula is C26H26ClN3O3. The minimum atomic E-state index is -0.185. The van der Waals surface area contributed by atoms with Crippen molar-refractivity contribution >= 4 is 28.5 Å². The highest BCUT2D eigenvalue weighted by atomic mass is 35.5. The predicted octanol–water partition coefficient (Wildman–Crippen LogP) is 4.81. The lowest BCUT2D eigenvalue weighted by Crippen LogP contribution is -2.31. The second kappa shape index (κ2) is 10.9. The molecule has 7 heteroatoms. The van der Waals surface area contributed by atoms with Crippen molar-refractivity contribution in [1.82, 2.24) is 14.9 Å². The van der Waals surface area contributed by atoms with Gasteiger partial charge < -0.3 is 19.4 Å². The van der Waals surface area contributed by atoms with Crippen LogP contribution in [0.1, 0.15) is 11.4 Å². The number of benzene rings is 3. The number of fused-ring (bicyclic) bond motifs is 1. The van der Waals surface area contributed by atoms with Gasteiger partial charge in [0.05, 0.1) is 17.6 Å². The first-order valence-corrected chi connectivity index (χ1v) is 11.3. The van der Waals surface area contributed by atoms with Gasteiger partial charge in [-0.2, -0.15) is 0 Å². The van der Waals surface area contributed by atoms with Crippen LogP contribution in [0.25, 0.3) is 11.0 Å². The number of nitrogens with one attached hydrogen (secondary N) is 1. The lowest BCUT2D eigenvalue weighted by atomic mass is 10.2. The molecule has 0 saturated carbocycles. The molecule has 1 amide bonds. The Kier molecular flexibility index (Phi) is 7.47. The fourth-order valence-corrected chi connectivity index (χ4v) is 3.70. The van der Waals surface area contributed by atoms with E-state index in [0.29, 0.717) is 36.9 Å². The second-order valence-corrected chi connectivity index (χ2v) is 8.06. The molecule has 6 nitrogen and oxygen atoms in total. The van der Waals surface area contributed by atoms with Crippen LogP contribution in [0.5, 0.6) is 11.5 Å². The summed E-state index contributed by atoms with van der Waals surface area (Å²) in [5, 5.41) is 3.52. The molecule has 0 aliphatic heterocycles. The van der Waals surface area contributed by atoms with Crippen LogP contribution in [0.4, 0.5) is 0 Å². The molecule has 1 aromatic heterocycles. The van der Waals surface area contributed by atoms with Gasteiger partial charge in [0.2, 0.25) is 0 Å². The number of carbonyl (C=O) groups excluding carboxylic acids is 1. The second-order valence-electron chi connectivity index (χ2n) is 7.62. The van der Waals surface area contributed by atoms with Crippen LogP contribution in [-0.4, -0.2) is 35.2 Å². The Morgan fingerprint density at radius 2 is 1.76 bits per heavy atom. The molecule has 0 fully saturated rings. The fraction of sp³-hybridized carbons (Fsp3) is 0.231. The van der Waals surface area contributed by atoms with Crippen molar-refractivity contribution in [1.29, 1.82) is 0 Å². The summed E-state index contributed by atoms with van der Waals surface area (Å²) in [6, 6.07) is 22.9. The fourth-order valence-electron chi connectivity index (χ4n) is 3.58. The molecule has 0 saturated heterocycles. The van der Waals surface area contributed by atoms with Crippen molar-refractivity contribution < 1.29 is 14.3 Å². The summed E-state index contributed by atoms with van der Waals surface area (Å²) in [7, 11) is 0. The van der Waals surface area contributed by atoms with Gasteiger partial charge >= 0.3 is 0 Å². The molecule has 0 radical (unpaired) electrons. The Morgan fingerprint density at radius 1 is 1.00 bits per heavy atom. The summed E-state index contributed by atoms with van der Waals surface area (Å²) in [6.07, 6.45) is 0.603. The molecule has 33 heavy (non-hydrogen) atoms. The van der Waals surface area contributed by atoms with Gasteiger partial charge in [-0.1, -0.05) is 41.9 Å². The van der Waals surface area contributed by atoms with E-state index in [9.17, 15) is 4.79 Å². The molecule has 0 bridgehead atoms. The van der Waals surface area contributed by atoms with Crippen molar-refractivity contribution in [3.05, 3.63) is 89.2 Å². The summed E-state index contributed by atoms with van der Waals surface area (Å²) in [6.45, 7) is 3.64. The lowest BCUT2D eigenvalue weighted by molar-refractivity contribution is -0.123. The predicted molar refractivity (Wildman–Crippen MR) is 130 cm³/mol. The minimum absolute atomic E-state index is 0.0533. The Labute approximate surface area is 198 Å². The van der Waals surface area contributed by atoms with Gasteiger partial charge in [-0.25, -0.2) is 4.98 Å². The van der Waals surface area contributed by atoms with E-state index in [0.717, 1.165) is 28.2 Å². The number of carbonyl (C=O) groups is 1. The molecule has 170 valence electrons. The van der Waals surface area contributed by atoms with E-state index in [4.69, 9.17) is 26.1 Å². The third kappa shape index (κ3) is 6.05. The topological polar surface area (TPSA) is 65.4 Å². The Hall–Kier alpha value is -3.51. The summed E-state index contributed by atoms with van der Waals surface area (Å²) in [5.41, 5.74) is 3.09. The molecule has 0 spiro atoms. The van der Waals surface area contributed by atoms with Crippen LogP contribution >= 0.6 is 11.6 Å². The molecule has 0 atom stereocenters. The van der Waals surface area contributed by atoms with E-state index in [1.165, 1.54) is 0 Å². The maximum atomic E-state index is 12.2. The van der Waals surface area contributed by atoms with Crippen LogP contribution in [0.3, 0.4) is 0 Å². The van der Waals surface area contributed by atoms with Crippen LogP contribution in [0.2, 0.25) is 5.02 Å². The van der Waals surface area contributed by atoms with Crippen molar-refractivity contribution in [3.8, 4) is 11.5 Å². The molecule has 4 aromatic rings. The van der Waals surface area contributed by atoms with Gasteiger partial charge in [0, 0.05) is 18.0 Å². The quantitative estimate of drug-likeness (QED) is 0.366. The first-order chi connectivity index (χ1) is 16.1.